The zero-order valence-corrected chi connectivity index (χ0v) is 15.9. The molecule has 28 heavy (non-hydrogen) atoms. The van der Waals surface area contributed by atoms with Gasteiger partial charge in [-0.25, -0.2) is 9.50 Å². The fourth-order valence-electron chi connectivity index (χ4n) is 2.25. The van der Waals surface area contributed by atoms with E-state index in [0.717, 1.165) is 12.5 Å². The molecule has 4 N–H and O–H groups in total. The summed E-state index contributed by atoms with van der Waals surface area (Å²) in [5.74, 6) is -0.680. The van der Waals surface area contributed by atoms with Crippen LogP contribution in [-0.4, -0.2) is 44.7 Å². The zero-order valence-electron chi connectivity index (χ0n) is 15.1. The maximum absolute atomic E-state index is 12.5. The third-order valence-electron chi connectivity index (χ3n) is 3.35. The number of hydrogen-bond donors (Lipinski definition) is 3. The largest absolute Gasteiger partial charge is 0.491 e. The SMILES string of the molecule is CC(=O)O.NCCOc1ccc(Cl)cc1C(=O)NCc1cnn2cccnc12. The quantitative estimate of drug-likeness (QED) is 0.569. The lowest BCUT2D eigenvalue weighted by Gasteiger charge is -2.11. The number of benzene rings is 1. The first-order valence-electron chi connectivity index (χ1n) is 8.29. The smallest absolute Gasteiger partial charge is 0.300 e. The summed E-state index contributed by atoms with van der Waals surface area (Å²) in [5.41, 5.74) is 7.31. The number of hydrogen-bond acceptors (Lipinski definition) is 6. The molecule has 0 saturated heterocycles. The Morgan fingerprint density at radius 3 is 2.86 bits per heavy atom. The van der Waals surface area contributed by atoms with Crippen molar-refractivity contribution in [3.8, 4) is 5.75 Å². The molecule has 9 nitrogen and oxygen atoms in total. The van der Waals surface area contributed by atoms with Crippen molar-refractivity contribution in [3.63, 3.8) is 0 Å². The van der Waals surface area contributed by atoms with Crippen LogP contribution < -0.4 is 15.8 Å². The molecule has 0 saturated carbocycles. The van der Waals surface area contributed by atoms with Crippen LogP contribution in [-0.2, 0) is 11.3 Å². The van der Waals surface area contributed by atoms with Crippen molar-refractivity contribution in [1.29, 1.82) is 0 Å². The normalized spacial score (nSPS) is 10.1. The molecule has 148 valence electrons. The highest BCUT2D eigenvalue weighted by Gasteiger charge is 2.14. The van der Waals surface area contributed by atoms with E-state index in [1.165, 1.54) is 0 Å². The van der Waals surface area contributed by atoms with Gasteiger partial charge in [0, 0.05) is 43.0 Å². The number of nitrogens with one attached hydrogen (secondary N) is 1. The maximum Gasteiger partial charge on any atom is 0.300 e. The lowest BCUT2D eigenvalue weighted by atomic mass is 10.2. The fourth-order valence-corrected chi connectivity index (χ4v) is 2.42. The van der Waals surface area contributed by atoms with Gasteiger partial charge in [0.15, 0.2) is 5.65 Å². The van der Waals surface area contributed by atoms with Gasteiger partial charge in [-0.3, -0.25) is 9.59 Å². The van der Waals surface area contributed by atoms with Crippen LogP contribution in [0.15, 0.2) is 42.9 Å². The Morgan fingerprint density at radius 2 is 2.14 bits per heavy atom. The fraction of sp³-hybridized carbons (Fsp3) is 0.222. The molecule has 0 aliphatic rings. The third-order valence-corrected chi connectivity index (χ3v) is 3.59. The molecule has 0 atom stereocenters. The van der Waals surface area contributed by atoms with Gasteiger partial charge >= 0.3 is 0 Å². The monoisotopic (exact) mass is 405 g/mol. The molecule has 1 aromatic carbocycles. The molecule has 0 radical (unpaired) electrons. The summed E-state index contributed by atoms with van der Waals surface area (Å²) in [6.45, 7) is 2.06. The standard InChI is InChI=1S/C16H16ClN5O2.C2H4O2/c17-12-2-3-14(24-7-4-18)13(8-12)16(23)20-9-11-10-21-22-6-1-5-19-15(11)22;1-2(3)4/h1-3,5-6,8,10H,4,7,9,18H2,(H,20,23);1H3,(H,3,4). The van der Waals surface area contributed by atoms with Gasteiger partial charge in [-0.2, -0.15) is 5.10 Å². The number of nitrogens with zero attached hydrogens (tertiary/aromatic N) is 3. The molecule has 0 aliphatic carbocycles. The van der Waals surface area contributed by atoms with Crippen LogP contribution in [0.4, 0.5) is 0 Å². The molecule has 2 aromatic heterocycles. The van der Waals surface area contributed by atoms with E-state index in [0.29, 0.717) is 41.7 Å². The van der Waals surface area contributed by atoms with Crippen LogP contribution in [0.5, 0.6) is 5.75 Å². The Kier molecular flexibility index (Phi) is 7.73. The van der Waals surface area contributed by atoms with Gasteiger partial charge in [-0.1, -0.05) is 11.6 Å². The van der Waals surface area contributed by atoms with Crippen LogP contribution >= 0.6 is 11.6 Å². The number of amides is 1. The van der Waals surface area contributed by atoms with Gasteiger partial charge in [0.2, 0.25) is 0 Å². The number of fused-ring (bicyclic) bond motifs is 1. The summed E-state index contributed by atoms with van der Waals surface area (Å²) in [7, 11) is 0. The lowest BCUT2D eigenvalue weighted by molar-refractivity contribution is -0.134. The van der Waals surface area contributed by atoms with Crippen LogP contribution in [0.1, 0.15) is 22.8 Å². The van der Waals surface area contributed by atoms with Gasteiger partial charge < -0.3 is 20.9 Å². The van der Waals surface area contributed by atoms with Crippen molar-refractivity contribution in [3.05, 3.63) is 59.0 Å². The van der Waals surface area contributed by atoms with Crippen LogP contribution in [0.25, 0.3) is 5.65 Å². The highest BCUT2D eigenvalue weighted by Crippen LogP contribution is 2.23. The molecule has 0 spiro atoms. The van der Waals surface area contributed by atoms with Gasteiger partial charge in [0.05, 0.1) is 11.8 Å². The molecular formula is C18H20ClN5O4. The van der Waals surface area contributed by atoms with E-state index >= 15 is 0 Å². The highest BCUT2D eigenvalue weighted by atomic mass is 35.5. The second kappa shape index (κ2) is 10.2. The molecule has 0 unspecified atom stereocenters. The van der Waals surface area contributed by atoms with Crippen LogP contribution in [0, 0.1) is 0 Å². The predicted octanol–water partition coefficient (Wildman–Crippen LogP) is 1.74. The third kappa shape index (κ3) is 5.93. The molecule has 1 amide bonds. The second-order valence-corrected chi connectivity index (χ2v) is 5.97. The Labute approximate surface area is 166 Å². The van der Waals surface area contributed by atoms with Crippen molar-refractivity contribution >= 4 is 29.1 Å². The molecule has 3 aromatic rings. The summed E-state index contributed by atoms with van der Waals surface area (Å²) in [5, 5.41) is 14.9. The van der Waals surface area contributed by atoms with Gasteiger partial charge in [-0.05, 0) is 24.3 Å². The minimum absolute atomic E-state index is 0.292. The molecular weight excluding hydrogens is 386 g/mol. The number of aliphatic carboxylic acids is 1. The van der Waals surface area contributed by atoms with Crippen molar-refractivity contribution in [1.82, 2.24) is 19.9 Å². The highest BCUT2D eigenvalue weighted by molar-refractivity contribution is 6.31. The molecule has 0 bridgehead atoms. The average molecular weight is 406 g/mol. The molecule has 0 fully saturated rings. The van der Waals surface area contributed by atoms with Crippen LogP contribution in [0.3, 0.4) is 0 Å². The number of nitrogens with two attached hydrogens (primary N) is 1. The van der Waals surface area contributed by atoms with E-state index in [9.17, 15) is 4.79 Å². The molecule has 10 heteroatoms. The Balaban J connectivity index is 0.000000640. The number of carbonyl (C=O) groups excluding carboxylic acids is 1. The van der Waals surface area contributed by atoms with Gasteiger partial charge in [-0.15, -0.1) is 0 Å². The Bertz CT molecular complexity index is 956. The van der Waals surface area contributed by atoms with Crippen LogP contribution in [0.2, 0.25) is 5.02 Å². The zero-order chi connectivity index (χ0) is 20.5. The first-order chi connectivity index (χ1) is 13.4. The van der Waals surface area contributed by atoms with Crippen molar-refractivity contribution in [2.75, 3.05) is 13.2 Å². The summed E-state index contributed by atoms with van der Waals surface area (Å²) in [6, 6.07) is 6.68. The number of aromatic nitrogens is 3. The number of carboxylic acids is 1. The topological polar surface area (TPSA) is 132 Å². The number of carbonyl (C=O) groups is 2. The minimum atomic E-state index is -0.833. The van der Waals surface area contributed by atoms with E-state index < -0.39 is 5.97 Å². The van der Waals surface area contributed by atoms with Crippen molar-refractivity contribution in [2.24, 2.45) is 5.73 Å². The summed E-state index contributed by atoms with van der Waals surface area (Å²) in [6.07, 6.45) is 5.15. The number of ether oxygens (including phenoxy) is 1. The summed E-state index contributed by atoms with van der Waals surface area (Å²) >= 11 is 5.99. The summed E-state index contributed by atoms with van der Waals surface area (Å²) in [4.78, 5) is 25.7. The lowest BCUT2D eigenvalue weighted by Crippen LogP contribution is -2.24. The maximum atomic E-state index is 12.5. The number of rotatable bonds is 6. The van der Waals surface area contributed by atoms with E-state index in [1.807, 2.05) is 0 Å². The van der Waals surface area contributed by atoms with E-state index in [1.54, 1.807) is 47.4 Å². The van der Waals surface area contributed by atoms with Crippen molar-refractivity contribution in [2.45, 2.75) is 13.5 Å². The molecule has 2 heterocycles. The second-order valence-electron chi connectivity index (χ2n) is 5.54. The van der Waals surface area contributed by atoms with Crippen molar-refractivity contribution < 1.29 is 19.4 Å². The number of halogens is 1. The average Bonchev–Trinajstić information content (AvgIpc) is 3.08. The van der Waals surface area contributed by atoms with E-state index in [-0.39, 0.29) is 5.91 Å². The first kappa shape index (κ1) is 21.1. The van der Waals surface area contributed by atoms with E-state index in [4.69, 9.17) is 32.0 Å². The first-order valence-corrected chi connectivity index (χ1v) is 8.67. The van der Waals surface area contributed by atoms with Gasteiger partial charge in [0.1, 0.15) is 12.4 Å². The molecule has 0 aliphatic heterocycles. The Hall–Kier alpha value is -3.17. The minimum Gasteiger partial charge on any atom is -0.491 e. The summed E-state index contributed by atoms with van der Waals surface area (Å²) < 4.78 is 7.15. The van der Waals surface area contributed by atoms with E-state index in [2.05, 4.69) is 15.4 Å². The number of carboxylic acid groups (broad SMARTS) is 1. The predicted molar refractivity (Wildman–Crippen MR) is 103 cm³/mol. The Morgan fingerprint density at radius 1 is 1.39 bits per heavy atom. The molecule has 3 rings (SSSR count). The van der Waals surface area contributed by atoms with Gasteiger partial charge in [0.25, 0.3) is 11.9 Å².